The van der Waals surface area contributed by atoms with Crippen LogP contribution in [0.2, 0.25) is 0 Å². The smallest absolute Gasteiger partial charge is 0.404 e. The largest absolute Gasteiger partial charge is 0.482 e. The number of hydrogen-bond donors (Lipinski definition) is 2. The van der Waals surface area contributed by atoms with E-state index in [1.165, 1.54) is 30.7 Å². The molecule has 3 aliphatic carbocycles. The molecule has 4 fully saturated rings. The van der Waals surface area contributed by atoms with Gasteiger partial charge in [-0.05, 0) is 66.7 Å². The summed E-state index contributed by atoms with van der Waals surface area (Å²) in [5.74, 6) is -0.832. The van der Waals surface area contributed by atoms with E-state index in [-0.39, 0.29) is 35.4 Å². The summed E-state index contributed by atoms with van der Waals surface area (Å²) in [5.41, 5.74) is 1.55. The summed E-state index contributed by atoms with van der Waals surface area (Å²) in [6.45, 7) is 6.74. The van der Waals surface area contributed by atoms with Crippen molar-refractivity contribution in [1.29, 1.82) is 0 Å². The van der Waals surface area contributed by atoms with E-state index in [2.05, 4.69) is 41.4 Å². The zero-order chi connectivity index (χ0) is 29.5. The molecule has 1 saturated heterocycles. The number of carbonyl (C=O) groups excluding carboxylic acids is 2. The van der Waals surface area contributed by atoms with E-state index in [4.69, 9.17) is 9.31 Å². The van der Waals surface area contributed by atoms with E-state index in [9.17, 15) is 14.0 Å². The van der Waals surface area contributed by atoms with Crippen LogP contribution in [0.5, 0.6) is 0 Å². The highest BCUT2D eigenvalue weighted by Gasteiger charge is 2.68. The number of nitrogens with one attached hydrogen (secondary N) is 2. The van der Waals surface area contributed by atoms with Crippen LogP contribution in [0.1, 0.15) is 55.2 Å². The van der Waals surface area contributed by atoms with Crippen molar-refractivity contribution in [3.8, 4) is 0 Å². The van der Waals surface area contributed by atoms with Crippen LogP contribution in [0.4, 0.5) is 4.39 Å². The Morgan fingerprint density at radius 1 is 1.00 bits per heavy atom. The molecule has 0 spiro atoms. The zero-order valence-electron chi connectivity index (χ0n) is 24.1. The average Bonchev–Trinajstić information content (AvgIpc) is 3.35. The van der Waals surface area contributed by atoms with Crippen molar-refractivity contribution in [2.45, 2.75) is 70.1 Å². The minimum Gasteiger partial charge on any atom is -0.404 e. The Labute approximate surface area is 246 Å². The monoisotopic (exact) mass is 570 g/mol. The highest BCUT2D eigenvalue weighted by atomic mass is 19.1. The normalized spacial score (nSPS) is 26.9. The van der Waals surface area contributed by atoms with Crippen molar-refractivity contribution in [2.24, 2.45) is 17.3 Å². The van der Waals surface area contributed by atoms with E-state index in [1.54, 1.807) is 12.1 Å². The highest BCUT2D eigenvalue weighted by Crippen LogP contribution is 2.65. The van der Waals surface area contributed by atoms with Crippen LogP contribution in [0.15, 0.2) is 73.2 Å². The first kappa shape index (κ1) is 28.5. The first-order valence-electron chi connectivity index (χ1n) is 14.6. The molecule has 1 aromatic heterocycles. The molecule has 1 aliphatic heterocycles. The molecule has 7 rings (SSSR count). The van der Waals surface area contributed by atoms with Crippen molar-refractivity contribution < 1.29 is 23.3 Å². The maximum absolute atomic E-state index is 14.0. The van der Waals surface area contributed by atoms with E-state index < -0.39 is 30.6 Å². The van der Waals surface area contributed by atoms with Crippen LogP contribution >= 0.6 is 0 Å². The lowest BCUT2D eigenvalue weighted by atomic mass is 9.43. The van der Waals surface area contributed by atoms with E-state index in [0.717, 1.165) is 24.0 Å². The predicted molar refractivity (Wildman–Crippen MR) is 156 cm³/mol. The first-order chi connectivity index (χ1) is 20.1. The van der Waals surface area contributed by atoms with Gasteiger partial charge in [-0.2, -0.15) is 0 Å². The molecule has 218 valence electrons. The van der Waals surface area contributed by atoms with Crippen molar-refractivity contribution in [2.75, 3.05) is 0 Å². The van der Waals surface area contributed by atoms with Gasteiger partial charge in [0.15, 0.2) is 0 Å². The van der Waals surface area contributed by atoms with Crippen LogP contribution in [0, 0.1) is 23.1 Å². The molecule has 8 nitrogen and oxygen atoms in total. The SMILES string of the molecule is CC1(C)[C@@H]2C[C@H]3OB([C@H](Cc4ccc(F)cc4)NC(=O)[C@H](Cc4ccccc4)NC(=O)c4cnccn4)O[C@@]3(C)[C@H]1C2. The molecule has 42 heavy (non-hydrogen) atoms. The number of amides is 2. The van der Waals surface area contributed by atoms with Crippen molar-refractivity contribution in [3.05, 3.63) is 95.8 Å². The molecular weight excluding hydrogens is 534 g/mol. The van der Waals surface area contributed by atoms with Gasteiger partial charge in [0.1, 0.15) is 17.6 Å². The van der Waals surface area contributed by atoms with Gasteiger partial charge in [0, 0.05) is 18.8 Å². The van der Waals surface area contributed by atoms with E-state index in [0.29, 0.717) is 18.3 Å². The fourth-order valence-electron chi connectivity index (χ4n) is 7.15. The van der Waals surface area contributed by atoms with Gasteiger partial charge in [0.05, 0.1) is 23.8 Å². The number of carbonyl (C=O) groups is 2. The van der Waals surface area contributed by atoms with E-state index in [1.807, 2.05) is 30.3 Å². The molecule has 6 atom stereocenters. The van der Waals surface area contributed by atoms with Crippen molar-refractivity contribution >= 4 is 18.9 Å². The Morgan fingerprint density at radius 3 is 2.43 bits per heavy atom. The summed E-state index contributed by atoms with van der Waals surface area (Å²) < 4.78 is 27.0. The molecule has 4 aliphatic rings. The lowest BCUT2D eigenvalue weighted by Crippen LogP contribution is -2.65. The standard InChI is InChI=1S/C32H36BFN4O4/c1-31(2)22-17-26(31)32(3)27(18-22)41-33(42-32)28(16-21-9-11-23(34)12-10-21)38-29(39)24(15-20-7-5-4-6-8-20)37-30(40)25-19-35-13-14-36-25/h4-14,19,22,24,26-28H,15-18H2,1-3H3,(H,37,40)(H,38,39)/t22-,24-,26-,27+,28-,32-/m0/s1. The lowest BCUT2D eigenvalue weighted by Gasteiger charge is -2.64. The molecule has 3 aromatic rings. The number of rotatable bonds is 9. The Bertz CT molecular complexity index is 1430. The number of benzene rings is 2. The van der Waals surface area contributed by atoms with Gasteiger partial charge in [0.25, 0.3) is 5.91 Å². The van der Waals surface area contributed by atoms with E-state index >= 15 is 0 Å². The van der Waals surface area contributed by atoms with Gasteiger partial charge in [-0.1, -0.05) is 56.3 Å². The minimum absolute atomic E-state index is 0.0663. The molecule has 2 heterocycles. The maximum atomic E-state index is 14.0. The summed E-state index contributed by atoms with van der Waals surface area (Å²) >= 11 is 0. The number of nitrogens with zero attached hydrogens (tertiary/aromatic N) is 2. The number of halogens is 1. The Balaban J connectivity index is 1.25. The molecule has 3 saturated carbocycles. The number of aromatic nitrogens is 2. The molecule has 2 amide bonds. The van der Waals surface area contributed by atoms with Crippen LogP contribution in [-0.4, -0.2) is 52.6 Å². The fraction of sp³-hybridized carbons (Fsp3) is 0.438. The first-order valence-corrected chi connectivity index (χ1v) is 14.6. The summed E-state index contributed by atoms with van der Waals surface area (Å²) in [6, 6.07) is 14.8. The Morgan fingerprint density at radius 2 is 1.74 bits per heavy atom. The van der Waals surface area contributed by atoms with Gasteiger partial charge >= 0.3 is 7.12 Å². The minimum atomic E-state index is -0.899. The second-order valence-electron chi connectivity index (χ2n) is 12.6. The van der Waals surface area contributed by atoms with Crippen LogP contribution in [0.3, 0.4) is 0 Å². The fourth-order valence-corrected chi connectivity index (χ4v) is 7.15. The summed E-state index contributed by atoms with van der Waals surface area (Å²) in [7, 11) is -0.697. The molecular formula is C32H36BFN4O4. The third kappa shape index (κ3) is 5.45. The Hall–Kier alpha value is -3.63. The molecule has 10 heteroatoms. The van der Waals surface area contributed by atoms with Gasteiger partial charge in [-0.3, -0.25) is 14.6 Å². The van der Waals surface area contributed by atoms with Gasteiger partial charge < -0.3 is 19.9 Å². The van der Waals surface area contributed by atoms with Crippen LogP contribution in [0.25, 0.3) is 0 Å². The summed E-state index contributed by atoms with van der Waals surface area (Å²) in [4.78, 5) is 35.1. The molecule has 2 bridgehead atoms. The summed E-state index contributed by atoms with van der Waals surface area (Å²) in [5, 5.41) is 5.99. The maximum Gasteiger partial charge on any atom is 0.482 e. The molecule has 0 unspecified atom stereocenters. The third-order valence-electron chi connectivity index (χ3n) is 9.69. The van der Waals surface area contributed by atoms with Gasteiger partial charge in [-0.15, -0.1) is 0 Å². The van der Waals surface area contributed by atoms with Crippen LogP contribution < -0.4 is 10.6 Å². The van der Waals surface area contributed by atoms with Crippen LogP contribution in [-0.2, 0) is 26.9 Å². The second kappa shape index (κ2) is 11.2. The third-order valence-corrected chi connectivity index (χ3v) is 9.69. The topological polar surface area (TPSA) is 102 Å². The molecule has 2 aromatic carbocycles. The predicted octanol–water partition coefficient (Wildman–Crippen LogP) is 3.95. The average molecular weight is 570 g/mol. The number of hydrogen-bond acceptors (Lipinski definition) is 6. The Kier molecular flexibility index (Phi) is 7.61. The van der Waals surface area contributed by atoms with Crippen molar-refractivity contribution in [3.63, 3.8) is 0 Å². The van der Waals surface area contributed by atoms with Crippen molar-refractivity contribution in [1.82, 2.24) is 20.6 Å². The summed E-state index contributed by atoms with van der Waals surface area (Å²) in [6.07, 6.45) is 6.87. The van der Waals surface area contributed by atoms with Gasteiger partial charge in [-0.25, -0.2) is 9.37 Å². The molecule has 0 radical (unpaired) electrons. The quantitative estimate of drug-likeness (QED) is 0.378. The molecule has 2 N–H and O–H groups in total. The van der Waals surface area contributed by atoms with Gasteiger partial charge in [0.2, 0.25) is 5.91 Å². The zero-order valence-corrected chi connectivity index (χ0v) is 24.1. The highest BCUT2D eigenvalue weighted by molar-refractivity contribution is 6.48. The lowest BCUT2D eigenvalue weighted by molar-refractivity contribution is -0.199. The second-order valence-corrected chi connectivity index (χ2v) is 12.6.